The van der Waals surface area contributed by atoms with Crippen LogP contribution in [-0.2, 0) is 24.3 Å². The zero-order valence-corrected chi connectivity index (χ0v) is 18.1. The minimum Gasteiger partial charge on any atom is -0.493 e. The Morgan fingerprint density at radius 2 is 1.62 bits per heavy atom. The molecule has 29 heavy (non-hydrogen) atoms. The number of amides is 1. The fraction of sp³-hybridized carbons (Fsp3) is 0.435. The maximum atomic E-state index is 12.8. The summed E-state index contributed by atoms with van der Waals surface area (Å²) in [5, 5.41) is 0. The van der Waals surface area contributed by atoms with Gasteiger partial charge in [-0.2, -0.15) is 0 Å². The van der Waals surface area contributed by atoms with Crippen LogP contribution in [0.15, 0.2) is 36.4 Å². The Hall–Kier alpha value is -2.73. The summed E-state index contributed by atoms with van der Waals surface area (Å²) in [5.74, 6) is 1.68. The van der Waals surface area contributed by atoms with E-state index in [4.69, 9.17) is 9.47 Å². The number of hydrogen-bond acceptors (Lipinski definition) is 4. The third-order valence-corrected chi connectivity index (χ3v) is 5.59. The van der Waals surface area contributed by atoms with Gasteiger partial charge in [-0.05, 0) is 35.4 Å². The number of rotatable bonds is 7. The highest BCUT2D eigenvalue weighted by Gasteiger charge is 2.25. The molecule has 0 spiro atoms. The lowest BCUT2D eigenvalue weighted by molar-refractivity contribution is -0.908. The summed E-state index contributed by atoms with van der Waals surface area (Å²) in [6, 6.07) is 12.5. The second kappa shape index (κ2) is 9.18. The smallest absolute Gasteiger partial charge is 0.277 e. The van der Waals surface area contributed by atoms with Crippen LogP contribution in [0.5, 0.6) is 11.5 Å². The molecule has 0 fully saturated rings. The molecule has 0 aromatic heterocycles. The summed E-state index contributed by atoms with van der Waals surface area (Å²) >= 11 is 0. The number of nitrogens with zero attached hydrogens (tertiary/aromatic N) is 2. The van der Waals surface area contributed by atoms with Gasteiger partial charge >= 0.3 is 0 Å². The number of carbonyl (C=O) groups is 1. The van der Waals surface area contributed by atoms with Gasteiger partial charge in [0.15, 0.2) is 18.0 Å². The first-order valence-corrected chi connectivity index (χ1v) is 9.98. The van der Waals surface area contributed by atoms with Gasteiger partial charge in [-0.3, -0.25) is 4.79 Å². The van der Waals surface area contributed by atoms with Gasteiger partial charge in [0, 0.05) is 45.4 Å². The van der Waals surface area contributed by atoms with Crippen molar-refractivity contribution in [2.75, 3.05) is 53.4 Å². The topological polar surface area (TPSA) is 46.5 Å². The van der Waals surface area contributed by atoms with Crippen molar-refractivity contribution in [3.05, 3.63) is 53.1 Å². The number of benzene rings is 2. The lowest BCUT2D eigenvalue weighted by Gasteiger charge is -2.28. The van der Waals surface area contributed by atoms with E-state index in [0.717, 1.165) is 42.3 Å². The molecule has 0 aliphatic carbocycles. The van der Waals surface area contributed by atoms with Crippen LogP contribution in [0.2, 0.25) is 0 Å². The van der Waals surface area contributed by atoms with Crippen LogP contribution in [0.25, 0.3) is 0 Å². The largest absolute Gasteiger partial charge is 0.493 e. The number of ether oxygens (including phenoxy) is 2. The molecule has 1 unspecified atom stereocenters. The van der Waals surface area contributed by atoms with Gasteiger partial charge in [-0.25, -0.2) is 0 Å². The van der Waals surface area contributed by atoms with E-state index < -0.39 is 0 Å². The molecule has 1 atom stereocenters. The lowest BCUT2D eigenvalue weighted by atomic mass is 9.99. The number of carbonyl (C=O) groups excluding carboxylic acids is 1. The number of quaternary nitrogens is 1. The van der Waals surface area contributed by atoms with Gasteiger partial charge in [-0.15, -0.1) is 0 Å². The SMILES string of the molecule is COc1cc2c(cc1OC)C[NH+](CC(=O)N(C)Cc1ccc(N(C)C)cc1)CC2. The average Bonchev–Trinajstić information content (AvgIpc) is 2.72. The molecule has 156 valence electrons. The standard InChI is InChI=1S/C23H31N3O3/c1-24(2)20-8-6-17(7-9-20)14-25(3)23(27)16-26-11-10-18-12-21(28-4)22(29-5)13-19(18)15-26/h6-9,12-13H,10-11,14-16H2,1-5H3/p+1. The monoisotopic (exact) mass is 398 g/mol. The van der Waals surface area contributed by atoms with Crippen molar-refractivity contribution >= 4 is 11.6 Å². The van der Waals surface area contributed by atoms with Crippen LogP contribution in [0.4, 0.5) is 5.69 Å². The van der Waals surface area contributed by atoms with Crippen molar-refractivity contribution in [1.82, 2.24) is 4.90 Å². The zero-order chi connectivity index (χ0) is 21.0. The van der Waals surface area contributed by atoms with Gasteiger partial charge in [0.25, 0.3) is 5.91 Å². The highest BCUT2D eigenvalue weighted by molar-refractivity contribution is 5.76. The molecule has 1 heterocycles. The summed E-state index contributed by atoms with van der Waals surface area (Å²) < 4.78 is 10.8. The summed E-state index contributed by atoms with van der Waals surface area (Å²) in [7, 11) is 9.24. The molecular weight excluding hydrogens is 366 g/mol. The molecule has 6 nitrogen and oxygen atoms in total. The molecule has 0 bridgehead atoms. The van der Waals surface area contributed by atoms with Crippen molar-refractivity contribution < 1.29 is 19.2 Å². The van der Waals surface area contributed by atoms with E-state index in [1.165, 1.54) is 16.0 Å². The number of nitrogens with one attached hydrogen (secondary N) is 1. The van der Waals surface area contributed by atoms with Crippen LogP contribution >= 0.6 is 0 Å². The number of anilines is 1. The Bertz CT molecular complexity index is 849. The van der Waals surface area contributed by atoms with E-state index in [-0.39, 0.29) is 5.91 Å². The van der Waals surface area contributed by atoms with Crippen molar-refractivity contribution in [2.24, 2.45) is 0 Å². The summed E-state index contributed by atoms with van der Waals surface area (Å²) in [6.45, 7) is 2.90. The number of methoxy groups -OCH3 is 2. The van der Waals surface area contributed by atoms with Crippen molar-refractivity contribution in [3.63, 3.8) is 0 Å². The summed E-state index contributed by atoms with van der Waals surface area (Å²) in [6.07, 6.45) is 0.939. The predicted molar refractivity (Wildman–Crippen MR) is 115 cm³/mol. The van der Waals surface area contributed by atoms with Crippen LogP contribution in [-0.4, -0.2) is 59.3 Å². The Kier molecular flexibility index (Phi) is 6.64. The van der Waals surface area contributed by atoms with Gasteiger partial charge in [-0.1, -0.05) is 12.1 Å². The summed E-state index contributed by atoms with van der Waals surface area (Å²) in [5.41, 5.74) is 4.82. The average molecular weight is 399 g/mol. The molecule has 2 aromatic carbocycles. The molecule has 1 N–H and O–H groups in total. The molecule has 2 aromatic rings. The first-order chi connectivity index (χ1) is 13.9. The molecule has 1 aliphatic heterocycles. The van der Waals surface area contributed by atoms with Crippen LogP contribution in [0, 0.1) is 0 Å². The summed E-state index contributed by atoms with van der Waals surface area (Å²) in [4.78, 5) is 18.0. The van der Waals surface area contributed by atoms with Crippen molar-refractivity contribution in [2.45, 2.75) is 19.5 Å². The van der Waals surface area contributed by atoms with Crippen molar-refractivity contribution in [3.8, 4) is 11.5 Å². The van der Waals surface area contributed by atoms with Crippen LogP contribution in [0.1, 0.15) is 16.7 Å². The highest BCUT2D eigenvalue weighted by Crippen LogP contribution is 2.31. The normalized spacial score (nSPS) is 15.4. The Labute approximate surface area is 173 Å². The van der Waals surface area contributed by atoms with Gasteiger partial charge in [0.1, 0.15) is 6.54 Å². The molecule has 1 aliphatic rings. The maximum Gasteiger partial charge on any atom is 0.277 e. The fourth-order valence-corrected chi connectivity index (χ4v) is 3.79. The molecule has 0 saturated heterocycles. The minimum atomic E-state index is 0.167. The molecular formula is C23H32N3O3+. The first kappa shape index (κ1) is 21.0. The van der Waals surface area contributed by atoms with Crippen molar-refractivity contribution in [1.29, 1.82) is 0 Å². The fourth-order valence-electron chi connectivity index (χ4n) is 3.79. The van der Waals surface area contributed by atoms with Gasteiger partial charge in [0.2, 0.25) is 0 Å². The quantitative estimate of drug-likeness (QED) is 0.765. The van der Waals surface area contributed by atoms with E-state index in [1.807, 2.05) is 32.1 Å². The van der Waals surface area contributed by atoms with Gasteiger partial charge in [0.05, 0.1) is 20.8 Å². The number of hydrogen-bond donors (Lipinski definition) is 1. The Morgan fingerprint density at radius 1 is 1.00 bits per heavy atom. The molecule has 6 heteroatoms. The van der Waals surface area contributed by atoms with E-state index in [1.54, 1.807) is 14.2 Å². The van der Waals surface area contributed by atoms with E-state index in [2.05, 4.69) is 35.2 Å². The number of fused-ring (bicyclic) bond motifs is 1. The Morgan fingerprint density at radius 3 is 2.21 bits per heavy atom. The van der Waals surface area contributed by atoms with Crippen LogP contribution < -0.4 is 19.3 Å². The molecule has 0 saturated carbocycles. The first-order valence-electron chi connectivity index (χ1n) is 9.98. The third-order valence-electron chi connectivity index (χ3n) is 5.59. The third kappa shape index (κ3) is 5.01. The second-order valence-electron chi connectivity index (χ2n) is 7.89. The highest BCUT2D eigenvalue weighted by atomic mass is 16.5. The van der Waals surface area contributed by atoms with E-state index in [0.29, 0.717) is 13.1 Å². The predicted octanol–water partition coefficient (Wildman–Crippen LogP) is 1.37. The van der Waals surface area contributed by atoms with E-state index >= 15 is 0 Å². The number of likely N-dealkylation sites (N-methyl/N-ethyl adjacent to an activating group) is 1. The second-order valence-corrected chi connectivity index (χ2v) is 7.89. The minimum absolute atomic E-state index is 0.167. The zero-order valence-electron chi connectivity index (χ0n) is 18.1. The van der Waals surface area contributed by atoms with E-state index in [9.17, 15) is 4.79 Å². The van der Waals surface area contributed by atoms with Crippen LogP contribution in [0.3, 0.4) is 0 Å². The Balaban J connectivity index is 1.59. The van der Waals surface area contributed by atoms with Gasteiger partial charge < -0.3 is 24.2 Å². The molecule has 0 radical (unpaired) electrons. The molecule has 1 amide bonds. The molecule has 3 rings (SSSR count). The lowest BCUT2D eigenvalue weighted by Crippen LogP contribution is -3.12. The maximum absolute atomic E-state index is 12.8.